The third-order valence-electron chi connectivity index (χ3n) is 5.18. The maximum atomic E-state index is 12.7. The van der Waals surface area contributed by atoms with Gasteiger partial charge in [0.25, 0.3) is 5.91 Å². The number of aryl methyl sites for hydroxylation is 1. The van der Waals surface area contributed by atoms with Crippen molar-refractivity contribution in [3.05, 3.63) is 77.6 Å². The lowest BCUT2D eigenvalue weighted by atomic mass is 10.1. The first-order valence-corrected chi connectivity index (χ1v) is 10.5. The second-order valence-corrected chi connectivity index (χ2v) is 7.34. The number of rotatable bonds is 7. The van der Waals surface area contributed by atoms with Crippen LogP contribution in [0.25, 0.3) is 5.69 Å². The van der Waals surface area contributed by atoms with E-state index in [4.69, 9.17) is 0 Å². The smallest absolute Gasteiger partial charge is 0.321 e. The molecule has 0 aliphatic heterocycles. The fourth-order valence-electron chi connectivity index (χ4n) is 3.34. The molecule has 0 radical (unpaired) electrons. The molecule has 0 saturated heterocycles. The van der Waals surface area contributed by atoms with Gasteiger partial charge in [-0.25, -0.2) is 9.48 Å². The lowest BCUT2D eigenvalue weighted by Crippen LogP contribution is -2.34. The van der Waals surface area contributed by atoms with Crippen LogP contribution in [0.5, 0.6) is 0 Å². The Labute approximate surface area is 183 Å². The molecule has 1 unspecified atom stereocenters. The number of urea groups is 1. The molecule has 3 rings (SSSR count). The largest absolute Gasteiger partial charge is 0.344 e. The maximum Gasteiger partial charge on any atom is 0.321 e. The number of amides is 3. The van der Waals surface area contributed by atoms with Crippen molar-refractivity contribution in [2.45, 2.75) is 33.7 Å². The van der Waals surface area contributed by atoms with Crippen molar-refractivity contribution >= 4 is 17.6 Å². The number of carbonyl (C=O) groups is 2. The second kappa shape index (κ2) is 9.93. The quantitative estimate of drug-likeness (QED) is 0.590. The summed E-state index contributed by atoms with van der Waals surface area (Å²) in [5.41, 5.74) is 3.83. The van der Waals surface area contributed by atoms with Crippen LogP contribution in [0.2, 0.25) is 0 Å². The van der Waals surface area contributed by atoms with Crippen molar-refractivity contribution < 1.29 is 9.59 Å². The highest BCUT2D eigenvalue weighted by Crippen LogP contribution is 2.18. The highest BCUT2D eigenvalue weighted by atomic mass is 16.2. The van der Waals surface area contributed by atoms with E-state index in [0.717, 1.165) is 22.6 Å². The Bertz CT molecular complexity index is 1020. The Morgan fingerprint density at radius 3 is 2.29 bits per heavy atom. The average molecular weight is 420 g/mol. The standard InChI is InChI=1S/C24H29N5O2/c1-5-28(6-2)24(31)26-20-14-12-19(13-15-20)18(4)25-23(30)22-16-17(3)29(27-22)21-10-8-7-9-11-21/h7-16,18H,5-6H2,1-4H3,(H,25,30)(H,26,31). The fraction of sp³-hybridized carbons (Fsp3) is 0.292. The number of nitrogens with zero attached hydrogens (tertiary/aromatic N) is 3. The topological polar surface area (TPSA) is 79.3 Å². The molecular weight excluding hydrogens is 390 g/mol. The van der Waals surface area contributed by atoms with Crippen molar-refractivity contribution in [1.82, 2.24) is 20.0 Å². The molecule has 7 nitrogen and oxygen atoms in total. The van der Waals surface area contributed by atoms with Crippen molar-refractivity contribution in [2.24, 2.45) is 0 Å². The summed E-state index contributed by atoms with van der Waals surface area (Å²) in [5, 5.41) is 10.3. The van der Waals surface area contributed by atoms with E-state index >= 15 is 0 Å². The van der Waals surface area contributed by atoms with E-state index in [9.17, 15) is 9.59 Å². The number of para-hydroxylation sites is 1. The van der Waals surface area contributed by atoms with Gasteiger partial charge in [0.15, 0.2) is 5.69 Å². The van der Waals surface area contributed by atoms with Gasteiger partial charge in [0.1, 0.15) is 0 Å². The van der Waals surface area contributed by atoms with E-state index in [-0.39, 0.29) is 18.0 Å². The van der Waals surface area contributed by atoms with Gasteiger partial charge >= 0.3 is 6.03 Å². The Morgan fingerprint density at radius 1 is 1.03 bits per heavy atom. The van der Waals surface area contributed by atoms with Gasteiger partial charge in [-0.05, 0) is 63.6 Å². The molecule has 1 atom stereocenters. The Balaban J connectivity index is 1.64. The van der Waals surface area contributed by atoms with Gasteiger partial charge in [-0.3, -0.25) is 4.79 Å². The number of anilines is 1. The van der Waals surface area contributed by atoms with Crippen LogP contribution < -0.4 is 10.6 Å². The minimum absolute atomic E-state index is 0.122. The van der Waals surface area contributed by atoms with E-state index < -0.39 is 0 Å². The van der Waals surface area contributed by atoms with Crippen LogP contribution in [-0.2, 0) is 0 Å². The molecule has 0 aliphatic carbocycles. The summed E-state index contributed by atoms with van der Waals surface area (Å²) >= 11 is 0. The van der Waals surface area contributed by atoms with Crippen LogP contribution in [0, 0.1) is 6.92 Å². The van der Waals surface area contributed by atoms with E-state index in [1.165, 1.54) is 0 Å². The molecular formula is C24H29N5O2. The highest BCUT2D eigenvalue weighted by molar-refractivity contribution is 5.92. The zero-order valence-corrected chi connectivity index (χ0v) is 18.4. The normalized spacial score (nSPS) is 11.6. The minimum atomic E-state index is -0.232. The molecule has 2 aromatic carbocycles. The first-order chi connectivity index (χ1) is 14.9. The van der Waals surface area contributed by atoms with Crippen LogP contribution in [-0.4, -0.2) is 39.7 Å². The molecule has 2 N–H and O–H groups in total. The van der Waals surface area contributed by atoms with Gasteiger partial charge in [0.2, 0.25) is 0 Å². The highest BCUT2D eigenvalue weighted by Gasteiger charge is 2.16. The van der Waals surface area contributed by atoms with Crippen LogP contribution >= 0.6 is 0 Å². The monoisotopic (exact) mass is 419 g/mol. The van der Waals surface area contributed by atoms with E-state index in [1.54, 1.807) is 15.6 Å². The van der Waals surface area contributed by atoms with Crippen molar-refractivity contribution in [1.29, 1.82) is 0 Å². The predicted molar refractivity (Wildman–Crippen MR) is 123 cm³/mol. The summed E-state index contributed by atoms with van der Waals surface area (Å²) in [6, 6.07) is 18.6. The van der Waals surface area contributed by atoms with Crippen LogP contribution in [0.3, 0.4) is 0 Å². The number of hydrogen-bond donors (Lipinski definition) is 2. The van der Waals surface area contributed by atoms with Gasteiger partial charge in [0.05, 0.1) is 11.7 Å². The third kappa shape index (κ3) is 5.31. The Hall–Kier alpha value is -3.61. The van der Waals surface area contributed by atoms with E-state index in [0.29, 0.717) is 18.8 Å². The van der Waals surface area contributed by atoms with Crippen LogP contribution in [0.15, 0.2) is 60.7 Å². The molecule has 0 saturated carbocycles. The summed E-state index contributed by atoms with van der Waals surface area (Å²) in [4.78, 5) is 26.6. The Kier molecular flexibility index (Phi) is 7.07. The van der Waals surface area contributed by atoms with Gasteiger partial charge in [-0.15, -0.1) is 0 Å². The molecule has 1 heterocycles. The first-order valence-electron chi connectivity index (χ1n) is 10.5. The molecule has 0 aliphatic rings. The predicted octanol–water partition coefficient (Wildman–Crippen LogP) is 4.55. The zero-order chi connectivity index (χ0) is 22.4. The van der Waals surface area contributed by atoms with Crippen LogP contribution in [0.1, 0.15) is 48.6 Å². The molecule has 7 heteroatoms. The summed E-state index contributed by atoms with van der Waals surface area (Å²) in [6.07, 6.45) is 0. The van der Waals surface area contributed by atoms with E-state index in [2.05, 4.69) is 15.7 Å². The molecule has 0 fully saturated rings. The molecule has 162 valence electrons. The summed E-state index contributed by atoms with van der Waals surface area (Å²) < 4.78 is 1.76. The number of nitrogens with one attached hydrogen (secondary N) is 2. The molecule has 0 bridgehead atoms. The minimum Gasteiger partial charge on any atom is -0.344 e. The van der Waals surface area contributed by atoms with Crippen molar-refractivity contribution in [3.63, 3.8) is 0 Å². The number of benzene rings is 2. The fourth-order valence-corrected chi connectivity index (χ4v) is 3.34. The summed E-state index contributed by atoms with van der Waals surface area (Å²) in [7, 11) is 0. The van der Waals surface area contributed by atoms with Crippen molar-refractivity contribution in [3.8, 4) is 5.69 Å². The van der Waals surface area contributed by atoms with Gasteiger partial charge in [0, 0.05) is 24.5 Å². The Morgan fingerprint density at radius 2 is 1.68 bits per heavy atom. The van der Waals surface area contributed by atoms with Gasteiger partial charge in [-0.2, -0.15) is 5.10 Å². The summed E-state index contributed by atoms with van der Waals surface area (Å²) in [5.74, 6) is -0.232. The number of hydrogen-bond acceptors (Lipinski definition) is 3. The average Bonchev–Trinajstić information content (AvgIpc) is 3.17. The van der Waals surface area contributed by atoms with Crippen molar-refractivity contribution in [2.75, 3.05) is 18.4 Å². The molecule has 3 aromatic rings. The molecule has 1 aromatic heterocycles. The molecule has 31 heavy (non-hydrogen) atoms. The SMILES string of the molecule is CCN(CC)C(=O)Nc1ccc(C(C)NC(=O)c2cc(C)n(-c3ccccc3)n2)cc1. The molecule has 3 amide bonds. The van der Waals surface area contributed by atoms with E-state index in [1.807, 2.05) is 82.3 Å². The second-order valence-electron chi connectivity index (χ2n) is 7.34. The lowest BCUT2D eigenvalue weighted by molar-refractivity contribution is 0.0934. The third-order valence-corrected chi connectivity index (χ3v) is 5.18. The molecule has 0 spiro atoms. The zero-order valence-electron chi connectivity index (χ0n) is 18.4. The van der Waals surface area contributed by atoms with Gasteiger partial charge in [-0.1, -0.05) is 30.3 Å². The first kappa shape index (κ1) is 22.1. The maximum absolute atomic E-state index is 12.7. The van der Waals surface area contributed by atoms with Gasteiger partial charge < -0.3 is 15.5 Å². The summed E-state index contributed by atoms with van der Waals surface area (Å²) in [6.45, 7) is 9.04. The number of carbonyl (C=O) groups excluding carboxylic acids is 2. The lowest BCUT2D eigenvalue weighted by Gasteiger charge is -2.19. The van der Waals surface area contributed by atoms with Crippen LogP contribution in [0.4, 0.5) is 10.5 Å². The number of aromatic nitrogens is 2.